The highest BCUT2D eigenvalue weighted by molar-refractivity contribution is 5.78. The van der Waals surface area contributed by atoms with E-state index in [2.05, 4.69) is 10.2 Å². The molecule has 1 unspecified atom stereocenters. The molecule has 138 valence electrons. The van der Waals surface area contributed by atoms with Crippen molar-refractivity contribution in [1.29, 1.82) is 0 Å². The van der Waals surface area contributed by atoms with Gasteiger partial charge in [-0.25, -0.2) is 0 Å². The second-order valence-electron chi connectivity index (χ2n) is 7.38. The minimum Gasteiger partial charge on any atom is -0.483 e. The molecule has 0 saturated carbocycles. The van der Waals surface area contributed by atoms with Gasteiger partial charge in [-0.3, -0.25) is 4.79 Å². The molecule has 1 aromatic carbocycles. The molecule has 1 N–H and O–H groups in total. The van der Waals surface area contributed by atoms with E-state index in [9.17, 15) is 4.79 Å². The van der Waals surface area contributed by atoms with E-state index in [0.29, 0.717) is 5.92 Å². The van der Waals surface area contributed by atoms with Gasteiger partial charge in [0.1, 0.15) is 5.75 Å². The number of benzene rings is 1. The first-order valence-electron chi connectivity index (χ1n) is 9.40. The van der Waals surface area contributed by atoms with Crippen LogP contribution in [0, 0.1) is 19.8 Å². The summed E-state index contributed by atoms with van der Waals surface area (Å²) in [5.74, 6) is 1.49. The first kappa shape index (κ1) is 18.2. The van der Waals surface area contributed by atoms with Gasteiger partial charge in [-0.2, -0.15) is 0 Å². The molecule has 0 aromatic heterocycles. The van der Waals surface area contributed by atoms with Crippen molar-refractivity contribution >= 4 is 5.91 Å². The maximum atomic E-state index is 12.2. The second kappa shape index (κ2) is 8.68. The quantitative estimate of drug-likeness (QED) is 0.859. The third-order valence-electron chi connectivity index (χ3n) is 5.25. The van der Waals surface area contributed by atoms with E-state index in [0.717, 1.165) is 62.6 Å². The third kappa shape index (κ3) is 5.19. The van der Waals surface area contributed by atoms with Gasteiger partial charge in [0, 0.05) is 32.3 Å². The molecule has 0 radical (unpaired) electrons. The van der Waals surface area contributed by atoms with Crippen molar-refractivity contribution in [3.05, 3.63) is 29.3 Å². The molecule has 5 heteroatoms. The topological polar surface area (TPSA) is 50.8 Å². The molecular formula is C20H30N2O3. The Morgan fingerprint density at radius 3 is 2.60 bits per heavy atom. The molecule has 1 amide bonds. The SMILES string of the molecule is Cc1cccc(C)c1OCC(=O)NC1CCN(CC2CCOC2)CC1. The zero-order valence-corrected chi connectivity index (χ0v) is 15.4. The second-order valence-corrected chi connectivity index (χ2v) is 7.38. The van der Waals surface area contributed by atoms with Crippen molar-refractivity contribution < 1.29 is 14.3 Å². The lowest BCUT2D eigenvalue weighted by atomic mass is 10.0. The van der Waals surface area contributed by atoms with E-state index in [1.165, 1.54) is 6.42 Å². The van der Waals surface area contributed by atoms with Crippen LogP contribution in [0.5, 0.6) is 5.75 Å². The molecule has 2 saturated heterocycles. The Hall–Kier alpha value is -1.59. The van der Waals surface area contributed by atoms with E-state index in [4.69, 9.17) is 9.47 Å². The number of hydrogen-bond acceptors (Lipinski definition) is 4. The van der Waals surface area contributed by atoms with Gasteiger partial charge >= 0.3 is 0 Å². The number of nitrogens with one attached hydrogen (secondary N) is 1. The van der Waals surface area contributed by atoms with Crippen LogP contribution in [0.25, 0.3) is 0 Å². The molecule has 2 heterocycles. The fraction of sp³-hybridized carbons (Fsp3) is 0.650. The van der Waals surface area contributed by atoms with Crippen LogP contribution in [0.3, 0.4) is 0 Å². The minimum atomic E-state index is -0.0229. The fourth-order valence-corrected chi connectivity index (χ4v) is 3.79. The van der Waals surface area contributed by atoms with E-state index in [1.807, 2.05) is 32.0 Å². The predicted molar refractivity (Wildman–Crippen MR) is 97.9 cm³/mol. The van der Waals surface area contributed by atoms with Crippen molar-refractivity contribution in [3.63, 3.8) is 0 Å². The number of likely N-dealkylation sites (tertiary alicyclic amines) is 1. The van der Waals surface area contributed by atoms with Gasteiger partial charge in [0.15, 0.2) is 6.61 Å². The molecule has 0 spiro atoms. The highest BCUT2D eigenvalue weighted by Gasteiger charge is 2.24. The molecule has 25 heavy (non-hydrogen) atoms. The van der Waals surface area contributed by atoms with Crippen molar-refractivity contribution in [2.75, 3.05) is 39.5 Å². The van der Waals surface area contributed by atoms with Gasteiger partial charge in [0.05, 0.1) is 6.61 Å². The summed E-state index contributed by atoms with van der Waals surface area (Å²) in [7, 11) is 0. The minimum absolute atomic E-state index is 0.0229. The zero-order valence-electron chi connectivity index (χ0n) is 15.4. The average molecular weight is 346 g/mol. The van der Waals surface area contributed by atoms with Crippen LogP contribution in [0.4, 0.5) is 0 Å². The molecule has 0 aliphatic carbocycles. The maximum Gasteiger partial charge on any atom is 0.258 e. The Morgan fingerprint density at radius 2 is 1.96 bits per heavy atom. The lowest BCUT2D eigenvalue weighted by Gasteiger charge is -2.33. The Bertz CT molecular complexity index is 556. The van der Waals surface area contributed by atoms with Crippen molar-refractivity contribution in [2.24, 2.45) is 5.92 Å². The molecular weight excluding hydrogens is 316 g/mol. The number of nitrogens with zero attached hydrogens (tertiary/aromatic N) is 1. The summed E-state index contributed by atoms with van der Waals surface area (Å²) in [6.45, 7) is 9.17. The third-order valence-corrected chi connectivity index (χ3v) is 5.25. The van der Waals surface area contributed by atoms with E-state index in [-0.39, 0.29) is 18.6 Å². The van der Waals surface area contributed by atoms with Crippen molar-refractivity contribution in [3.8, 4) is 5.75 Å². The summed E-state index contributed by atoms with van der Waals surface area (Å²) in [5.41, 5.74) is 2.13. The normalized spacial score (nSPS) is 22.1. The largest absolute Gasteiger partial charge is 0.483 e. The molecule has 5 nitrogen and oxygen atoms in total. The fourth-order valence-electron chi connectivity index (χ4n) is 3.79. The molecule has 2 aliphatic rings. The van der Waals surface area contributed by atoms with Crippen molar-refractivity contribution in [1.82, 2.24) is 10.2 Å². The van der Waals surface area contributed by atoms with E-state index in [1.54, 1.807) is 0 Å². The van der Waals surface area contributed by atoms with Gasteiger partial charge in [-0.15, -0.1) is 0 Å². The van der Waals surface area contributed by atoms with E-state index < -0.39 is 0 Å². The Kier molecular flexibility index (Phi) is 6.32. The van der Waals surface area contributed by atoms with Gasteiger partial charge < -0.3 is 19.7 Å². The molecule has 3 rings (SSSR count). The number of aryl methyl sites for hydroxylation is 2. The summed E-state index contributed by atoms with van der Waals surface area (Å²) in [4.78, 5) is 14.7. The smallest absolute Gasteiger partial charge is 0.258 e. The number of rotatable bonds is 6. The average Bonchev–Trinajstić information content (AvgIpc) is 3.09. The van der Waals surface area contributed by atoms with Crippen LogP contribution in [0.1, 0.15) is 30.4 Å². The number of hydrogen-bond donors (Lipinski definition) is 1. The molecule has 1 atom stereocenters. The lowest BCUT2D eigenvalue weighted by Crippen LogP contribution is -2.46. The molecule has 0 bridgehead atoms. The number of para-hydroxylation sites is 1. The standard InChI is InChI=1S/C20H30N2O3/c1-15-4-3-5-16(2)20(15)25-14-19(23)21-18-6-9-22(10-7-18)12-17-8-11-24-13-17/h3-5,17-18H,6-14H2,1-2H3,(H,21,23). The van der Waals surface area contributed by atoms with Crippen LogP contribution in [-0.2, 0) is 9.53 Å². The maximum absolute atomic E-state index is 12.2. The van der Waals surface area contributed by atoms with Crippen LogP contribution in [0.2, 0.25) is 0 Å². The number of ether oxygens (including phenoxy) is 2. The first-order chi connectivity index (χ1) is 12.1. The summed E-state index contributed by atoms with van der Waals surface area (Å²) < 4.78 is 11.2. The Balaban J connectivity index is 1.37. The Labute approximate surface area is 150 Å². The summed E-state index contributed by atoms with van der Waals surface area (Å²) in [6, 6.07) is 6.28. The highest BCUT2D eigenvalue weighted by Crippen LogP contribution is 2.22. The zero-order chi connectivity index (χ0) is 17.6. The van der Waals surface area contributed by atoms with Crippen LogP contribution in [-0.4, -0.2) is 56.3 Å². The highest BCUT2D eigenvalue weighted by atomic mass is 16.5. The van der Waals surface area contributed by atoms with Crippen LogP contribution >= 0.6 is 0 Å². The van der Waals surface area contributed by atoms with Crippen LogP contribution < -0.4 is 10.1 Å². The number of carbonyl (C=O) groups is 1. The van der Waals surface area contributed by atoms with Gasteiger partial charge in [0.2, 0.25) is 0 Å². The number of carbonyl (C=O) groups excluding carboxylic acids is 1. The summed E-state index contributed by atoms with van der Waals surface area (Å²) in [5, 5.41) is 3.13. The predicted octanol–water partition coefficient (Wildman–Crippen LogP) is 2.30. The molecule has 2 fully saturated rings. The van der Waals surface area contributed by atoms with Gasteiger partial charge in [-0.05, 0) is 50.2 Å². The van der Waals surface area contributed by atoms with Gasteiger partial charge in [0.25, 0.3) is 5.91 Å². The first-order valence-corrected chi connectivity index (χ1v) is 9.40. The monoisotopic (exact) mass is 346 g/mol. The van der Waals surface area contributed by atoms with E-state index >= 15 is 0 Å². The van der Waals surface area contributed by atoms with Gasteiger partial charge in [-0.1, -0.05) is 18.2 Å². The van der Waals surface area contributed by atoms with Crippen molar-refractivity contribution in [2.45, 2.75) is 39.2 Å². The lowest BCUT2D eigenvalue weighted by molar-refractivity contribution is -0.124. The number of amides is 1. The summed E-state index contributed by atoms with van der Waals surface area (Å²) >= 11 is 0. The summed E-state index contributed by atoms with van der Waals surface area (Å²) in [6.07, 6.45) is 3.22. The number of piperidine rings is 1. The van der Waals surface area contributed by atoms with Crippen LogP contribution in [0.15, 0.2) is 18.2 Å². The molecule has 1 aromatic rings. The molecule has 2 aliphatic heterocycles. The Morgan fingerprint density at radius 1 is 1.24 bits per heavy atom.